The van der Waals surface area contributed by atoms with Crippen LogP contribution < -0.4 is 4.90 Å². The molecule has 3 aromatic rings. The monoisotopic (exact) mass is 350 g/mol. The van der Waals surface area contributed by atoms with E-state index in [4.69, 9.17) is 10.1 Å². The van der Waals surface area contributed by atoms with Crippen molar-refractivity contribution >= 4 is 11.5 Å². The van der Waals surface area contributed by atoms with Crippen molar-refractivity contribution in [3.63, 3.8) is 0 Å². The number of fused-ring (bicyclic) bond motifs is 1. The molecule has 4 nitrogen and oxygen atoms in total. The summed E-state index contributed by atoms with van der Waals surface area (Å²) in [5.41, 5.74) is 8.21. The SMILES string of the molecule is CCCCN(CC)c1cc(C)nc2c(-c3c(C)cc(C)cc3C)cnn12. The minimum Gasteiger partial charge on any atom is -0.357 e. The van der Waals surface area contributed by atoms with Crippen LogP contribution in [0.4, 0.5) is 5.82 Å². The molecule has 26 heavy (non-hydrogen) atoms. The number of hydrogen-bond acceptors (Lipinski definition) is 3. The van der Waals surface area contributed by atoms with Crippen molar-refractivity contribution in [2.24, 2.45) is 0 Å². The summed E-state index contributed by atoms with van der Waals surface area (Å²) in [5.74, 6) is 1.14. The van der Waals surface area contributed by atoms with Gasteiger partial charge in [-0.15, -0.1) is 0 Å². The van der Waals surface area contributed by atoms with Crippen LogP contribution in [0.1, 0.15) is 49.1 Å². The fraction of sp³-hybridized carbons (Fsp3) is 0.455. The van der Waals surface area contributed by atoms with Crippen LogP contribution in [-0.2, 0) is 0 Å². The van der Waals surface area contributed by atoms with Gasteiger partial charge in [-0.1, -0.05) is 31.0 Å². The molecule has 0 aliphatic heterocycles. The number of unbranched alkanes of at least 4 members (excludes halogenated alkanes) is 1. The van der Waals surface area contributed by atoms with E-state index in [1.165, 1.54) is 35.1 Å². The van der Waals surface area contributed by atoms with E-state index >= 15 is 0 Å². The number of aryl methyl sites for hydroxylation is 4. The van der Waals surface area contributed by atoms with Crippen molar-refractivity contribution in [1.29, 1.82) is 0 Å². The molecule has 2 aromatic heterocycles. The van der Waals surface area contributed by atoms with Crippen molar-refractivity contribution < 1.29 is 0 Å². The molecule has 138 valence electrons. The second kappa shape index (κ2) is 7.48. The first-order chi connectivity index (χ1) is 12.5. The number of rotatable bonds is 6. The lowest BCUT2D eigenvalue weighted by atomic mass is 9.95. The number of aromatic nitrogens is 3. The molecule has 0 atom stereocenters. The van der Waals surface area contributed by atoms with Gasteiger partial charge in [-0.25, -0.2) is 4.98 Å². The molecule has 0 bridgehead atoms. The Hall–Kier alpha value is -2.36. The Kier molecular flexibility index (Phi) is 5.30. The van der Waals surface area contributed by atoms with E-state index in [-0.39, 0.29) is 0 Å². The molecule has 1 aromatic carbocycles. The maximum Gasteiger partial charge on any atom is 0.165 e. The summed E-state index contributed by atoms with van der Waals surface area (Å²) < 4.78 is 2.01. The molecule has 0 saturated carbocycles. The van der Waals surface area contributed by atoms with Crippen LogP contribution in [0.15, 0.2) is 24.4 Å². The van der Waals surface area contributed by atoms with E-state index in [0.29, 0.717) is 0 Å². The largest absolute Gasteiger partial charge is 0.357 e. The molecule has 0 amide bonds. The predicted molar refractivity (Wildman–Crippen MR) is 110 cm³/mol. The van der Waals surface area contributed by atoms with Gasteiger partial charge in [0.2, 0.25) is 0 Å². The Morgan fingerprint density at radius 1 is 1.00 bits per heavy atom. The zero-order chi connectivity index (χ0) is 18.8. The smallest absolute Gasteiger partial charge is 0.165 e. The molecule has 0 saturated heterocycles. The highest BCUT2D eigenvalue weighted by atomic mass is 15.3. The summed E-state index contributed by atoms with van der Waals surface area (Å²) in [7, 11) is 0. The summed E-state index contributed by atoms with van der Waals surface area (Å²) in [6.45, 7) is 15.0. The number of hydrogen-bond donors (Lipinski definition) is 0. The van der Waals surface area contributed by atoms with Crippen LogP contribution in [0, 0.1) is 27.7 Å². The first kappa shape index (κ1) is 18.4. The van der Waals surface area contributed by atoms with Crippen LogP contribution in [0.25, 0.3) is 16.8 Å². The van der Waals surface area contributed by atoms with E-state index < -0.39 is 0 Å². The molecule has 0 aliphatic rings. The zero-order valence-electron chi connectivity index (χ0n) is 16.9. The Balaban J connectivity index is 2.20. The van der Waals surface area contributed by atoms with Crippen LogP contribution in [0.5, 0.6) is 0 Å². The molecule has 0 unspecified atom stereocenters. The molecule has 3 rings (SSSR count). The van der Waals surface area contributed by atoms with E-state index in [1.807, 2.05) is 10.7 Å². The number of benzene rings is 1. The summed E-state index contributed by atoms with van der Waals surface area (Å²) in [4.78, 5) is 7.25. The third kappa shape index (κ3) is 3.33. The minimum absolute atomic E-state index is 0.949. The Morgan fingerprint density at radius 3 is 2.31 bits per heavy atom. The lowest BCUT2D eigenvalue weighted by Gasteiger charge is -2.23. The summed E-state index contributed by atoms with van der Waals surface area (Å²) >= 11 is 0. The second-order valence-electron chi connectivity index (χ2n) is 7.26. The van der Waals surface area contributed by atoms with Crippen LogP contribution >= 0.6 is 0 Å². The van der Waals surface area contributed by atoms with Crippen LogP contribution in [-0.4, -0.2) is 27.7 Å². The maximum atomic E-state index is 4.85. The first-order valence-corrected chi connectivity index (χ1v) is 9.64. The number of anilines is 1. The standard InChI is InChI=1S/C22H30N4/c1-7-9-10-25(8-2)20-13-18(6)24-22-19(14-23-26(20)22)21-16(4)11-15(3)12-17(21)5/h11-14H,7-10H2,1-6H3. The second-order valence-corrected chi connectivity index (χ2v) is 7.26. The molecular formula is C22H30N4. The molecule has 0 N–H and O–H groups in total. The number of nitrogens with zero attached hydrogens (tertiary/aromatic N) is 4. The van der Waals surface area contributed by atoms with Gasteiger partial charge < -0.3 is 4.90 Å². The quantitative estimate of drug-likeness (QED) is 0.608. The van der Waals surface area contributed by atoms with Gasteiger partial charge in [0.05, 0.1) is 6.20 Å². The van der Waals surface area contributed by atoms with Gasteiger partial charge in [0.1, 0.15) is 5.82 Å². The third-order valence-electron chi connectivity index (χ3n) is 5.01. The molecule has 0 aliphatic carbocycles. The van der Waals surface area contributed by atoms with Crippen molar-refractivity contribution in [3.8, 4) is 11.1 Å². The lowest BCUT2D eigenvalue weighted by Crippen LogP contribution is -2.26. The van der Waals surface area contributed by atoms with Gasteiger partial charge in [0.15, 0.2) is 5.65 Å². The molecule has 0 fully saturated rings. The van der Waals surface area contributed by atoms with E-state index in [1.54, 1.807) is 0 Å². The Morgan fingerprint density at radius 2 is 1.69 bits per heavy atom. The normalized spacial score (nSPS) is 11.3. The average molecular weight is 351 g/mol. The summed E-state index contributed by atoms with van der Waals surface area (Å²) in [6, 6.07) is 6.63. The maximum absolute atomic E-state index is 4.85. The third-order valence-corrected chi connectivity index (χ3v) is 5.01. The van der Waals surface area contributed by atoms with Gasteiger partial charge in [0, 0.05) is 30.4 Å². The van der Waals surface area contributed by atoms with E-state index in [9.17, 15) is 0 Å². The van der Waals surface area contributed by atoms with Crippen molar-refractivity contribution in [2.75, 3.05) is 18.0 Å². The minimum atomic E-state index is 0.949. The van der Waals surface area contributed by atoms with Crippen molar-refractivity contribution in [3.05, 3.63) is 46.8 Å². The van der Waals surface area contributed by atoms with Crippen molar-refractivity contribution in [1.82, 2.24) is 14.6 Å². The highest BCUT2D eigenvalue weighted by Gasteiger charge is 2.17. The topological polar surface area (TPSA) is 33.4 Å². The zero-order valence-corrected chi connectivity index (χ0v) is 16.9. The van der Waals surface area contributed by atoms with Crippen LogP contribution in [0.2, 0.25) is 0 Å². The molecule has 0 spiro atoms. The molecular weight excluding hydrogens is 320 g/mol. The summed E-state index contributed by atoms with van der Waals surface area (Å²) in [5, 5.41) is 4.73. The van der Waals surface area contributed by atoms with Crippen LogP contribution in [0.3, 0.4) is 0 Å². The first-order valence-electron chi connectivity index (χ1n) is 9.64. The highest BCUT2D eigenvalue weighted by molar-refractivity contribution is 5.82. The van der Waals surface area contributed by atoms with Gasteiger partial charge in [-0.2, -0.15) is 9.61 Å². The van der Waals surface area contributed by atoms with Gasteiger partial charge in [-0.05, 0) is 57.7 Å². The highest BCUT2D eigenvalue weighted by Crippen LogP contribution is 2.32. The van der Waals surface area contributed by atoms with Crippen molar-refractivity contribution in [2.45, 2.75) is 54.4 Å². The van der Waals surface area contributed by atoms with E-state index in [0.717, 1.165) is 35.8 Å². The van der Waals surface area contributed by atoms with Gasteiger partial charge in [-0.3, -0.25) is 0 Å². The Bertz CT molecular complexity index is 900. The predicted octanol–water partition coefficient (Wildman–Crippen LogP) is 5.26. The molecule has 0 radical (unpaired) electrons. The van der Waals surface area contributed by atoms with Gasteiger partial charge >= 0.3 is 0 Å². The molecule has 2 heterocycles. The van der Waals surface area contributed by atoms with Gasteiger partial charge in [0.25, 0.3) is 0 Å². The Labute approximate surface area is 156 Å². The average Bonchev–Trinajstić information content (AvgIpc) is 2.98. The molecule has 4 heteroatoms. The fourth-order valence-corrected chi connectivity index (χ4v) is 3.85. The fourth-order valence-electron chi connectivity index (χ4n) is 3.85. The van der Waals surface area contributed by atoms with E-state index in [2.05, 4.69) is 64.6 Å². The lowest BCUT2D eigenvalue weighted by molar-refractivity contribution is 0.709. The summed E-state index contributed by atoms with van der Waals surface area (Å²) in [6.07, 6.45) is 4.35.